The summed E-state index contributed by atoms with van der Waals surface area (Å²) in [5.74, 6) is 1.12. The van der Waals surface area contributed by atoms with Gasteiger partial charge >= 0.3 is 0 Å². The van der Waals surface area contributed by atoms with E-state index in [0.29, 0.717) is 0 Å². The fourth-order valence-corrected chi connectivity index (χ4v) is 3.34. The van der Waals surface area contributed by atoms with Crippen LogP contribution in [0.25, 0.3) is 16.9 Å². The quantitative estimate of drug-likeness (QED) is 0.561. The van der Waals surface area contributed by atoms with Crippen LogP contribution >= 0.6 is 11.3 Å². The minimum absolute atomic E-state index is 0.997. The lowest BCUT2D eigenvalue weighted by molar-refractivity contribution is 0.644. The Morgan fingerprint density at radius 2 is 2.05 bits per heavy atom. The zero-order chi connectivity index (χ0) is 15.2. The van der Waals surface area contributed by atoms with E-state index >= 15 is 0 Å². The highest BCUT2D eigenvalue weighted by Crippen LogP contribution is 2.30. The lowest BCUT2D eigenvalue weighted by Crippen LogP contribution is -2.05. The summed E-state index contributed by atoms with van der Waals surface area (Å²) < 4.78 is 2.15. The van der Waals surface area contributed by atoms with Gasteiger partial charge in [-0.2, -0.15) is 11.3 Å². The maximum atomic E-state index is 4.79. The fraction of sp³-hybridized carbons (Fsp3) is 0.389. The Balaban J connectivity index is 1.76. The van der Waals surface area contributed by atoms with Crippen LogP contribution in [-0.4, -0.2) is 15.9 Å². The van der Waals surface area contributed by atoms with Gasteiger partial charge in [0.2, 0.25) is 0 Å². The van der Waals surface area contributed by atoms with Gasteiger partial charge in [0.25, 0.3) is 0 Å². The smallest absolute Gasteiger partial charge is 0.139 e. The van der Waals surface area contributed by atoms with Crippen LogP contribution in [0.1, 0.15) is 39.0 Å². The molecule has 22 heavy (non-hydrogen) atoms. The molecule has 4 heteroatoms. The Labute approximate surface area is 136 Å². The van der Waals surface area contributed by atoms with Gasteiger partial charge in [-0.05, 0) is 30.0 Å². The number of rotatable bonds is 8. The van der Waals surface area contributed by atoms with Crippen LogP contribution in [0.2, 0.25) is 0 Å². The van der Waals surface area contributed by atoms with Gasteiger partial charge in [0.1, 0.15) is 17.2 Å². The van der Waals surface area contributed by atoms with E-state index in [1.165, 1.54) is 37.7 Å². The third-order valence-electron chi connectivity index (χ3n) is 3.90. The van der Waals surface area contributed by atoms with Crippen molar-refractivity contribution in [3.05, 3.63) is 41.2 Å². The first-order chi connectivity index (χ1) is 10.9. The van der Waals surface area contributed by atoms with Gasteiger partial charge in [-0.15, -0.1) is 0 Å². The van der Waals surface area contributed by atoms with E-state index in [4.69, 9.17) is 4.98 Å². The molecule has 0 spiro atoms. The lowest BCUT2D eigenvalue weighted by atomic mass is 10.1. The van der Waals surface area contributed by atoms with E-state index in [1.807, 2.05) is 6.07 Å². The zero-order valence-corrected chi connectivity index (χ0v) is 13.9. The molecule has 3 nitrogen and oxygen atoms in total. The van der Waals surface area contributed by atoms with Crippen LogP contribution in [-0.2, 0) is 0 Å². The molecular weight excluding hydrogens is 290 g/mol. The molecule has 0 saturated heterocycles. The highest BCUT2D eigenvalue weighted by atomic mass is 32.1. The van der Waals surface area contributed by atoms with Gasteiger partial charge in [-0.25, -0.2) is 4.98 Å². The molecule has 0 unspecified atom stereocenters. The maximum absolute atomic E-state index is 4.79. The van der Waals surface area contributed by atoms with Crippen molar-refractivity contribution in [3.63, 3.8) is 0 Å². The Morgan fingerprint density at radius 3 is 2.86 bits per heavy atom. The molecule has 3 aromatic rings. The van der Waals surface area contributed by atoms with Crippen LogP contribution < -0.4 is 5.32 Å². The lowest BCUT2D eigenvalue weighted by Gasteiger charge is -2.08. The molecule has 116 valence electrons. The number of fused-ring (bicyclic) bond motifs is 1. The van der Waals surface area contributed by atoms with E-state index < -0.39 is 0 Å². The predicted octanol–water partition coefficient (Wildman–Crippen LogP) is 5.45. The summed E-state index contributed by atoms with van der Waals surface area (Å²) in [5.41, 5.74) is 3.25. The molecular formula is C18H23N3S. The molecule has 0 bridgehead atoms. The molecule has 0 amide bonds. The first-order valence-corrected chi connectivity index (χ1v) is 9.08. The maximum Gasteiger partial charge on any atom is 0.139 e. The predicted molar refractivity (Wildman–Crippen MR) is 95.8 cm³/mol. The summed E-state index contributed by atoms with van der Waals surface area (Å²) in [6.45, 7) is 3.26. The topological polar surface area (TPSA) is 29.3 Å². The number of unbranched alkanes of at least 4 members (excludes halogenated alkanes) is 4. The molecule has 0 aliphatic carbocycles. The highest BCUT2D eigenvalue weighted by Gasteiger charge is 2.13. The second kappa shape index (κ2) is 7.45. The number of thiophene rings is 1. The largest absolute Gasteiger partial charge is 0.369 e. The van der Waals surface area contributed by atoms with Crippen molar-refractivity contribution in [1.29, 1.82) is 0 Å². The molecule has 3 aromatic heterocycles. The van der Waals surface area contributed by atoms with Gasteiger partial charge in [0.15, 0.2) is 0 Å². The average molecular weight is 313 g/mol. The van der Waals surface area contributed by atoms with E-state index in [1.54, 1.807) is 11.3 Å². The SMILES string of the molecule is CCCCCCCNc1c(-c2ccsc2)nc2ccccn12. The van der Waals surface area contributed by atoms with Crippen molar-refractivity contribution in [3.8, 4) is 11.3 Å². The van der Waals surface area contributed by atoms with E-state index in [0.717, 1.165) is 23.7 Å². The summed E-state index contributed by atoms with van der Waals surface area (Å²) in [4.78, 5) is 4.79. The van der Waals surface area contributed by atoms with E-state index in [-0.39, 0.29) is 0 Å². The van der Waals surface area contributed by atoms with E-state index in [2.05, 4.69) is 51.8 Å². The number of anilines is 1. The number of hydrogen-bond donors (Lipinski definition) is 1. The van der Waals surface area contributed by atoms with Crippen LogP contribution in [0.5, 0.6) is 0 Å². The van der Waals surface area contributed by atoms with Gasteiger partial charge in [0.05, 0.1) is 0 Å². The molecule has 0 fully saturated rings. The van der Waals surface area contributed by atoms with Gasteiger partial charge in [0, 0.05) is 23.7 Å². The third-order valence-corrected chi connectivity index (χ3v) is 4.58. The van der Waals surface area contributed by atoms with Crippen molar-refractivity contribution < 1.29 is 0 Å². The van der Waals surface area contributed by atoms with Crippen molar-refractivity contribution in [2.24, 2.45) is 0 Å². The molecule has 0 radical (unpaired) electrons. The fourth-order valence-electron chi connectivity index (χ4n) is 2.70. The first-order valence-electron chi connectivity index (χ1n) is 8.13. The Bertz CT molecular complexity index is 700. The average Bonchev–Trinajstić information content (AvgIpc) is 3.18. The number of pyridine rings is 1. The van der Waals surface area contributed by atoms with Crippen molar-refractivity contribution in [2.75, 3.05) is 11.9 Å². The number of nitrogens with one attached hydrogen (secondary N) is 1. The normalized spacial score (nSPS) is 11.1. The summed E-state index contributed by atoms with van der Waals surface area (Å²) in [7, 11) is 0. The molecule has 1 N–H and O–H groups in total. The highest BCUT2D eigenvalue weighted by molar-refractivity contribution is 7.08. The summed E-state index contributed by atoms with van der Waals surface area (Å²) in [6, 6.07) is 8.29. The third kappa shape index (κ3) is 3.33. The molecule has 0 aliphatic rings. The second-order valence-corrected chi connectivity index (χ2v) is 6.37. The van der Waals surface area contributed by atoms with Crippen LogP contribution in [0, 0.1) is 0 Å². The molecule has 3 heterocycles. The second-order valence-electron chi connectivity index (χ2n) is 5.59. The van der Waals surface area contributed by atoms with Gasteiger partial charge < -0.3 is 5.32 Å². The summed E-state index contributed by atoms with van der Waals surface area (Å²) >= 11 is 1.71. The van der Waals surface area contributed by atoms with Gasteiger partial charge in [-0.1, -0.05) is 38.7 Å². The van der Waals surface area contributed by atoms with Crippen molar-refractivity contribution in [1.82, 2.24) is 9.38 Å². The molecule has 0 saturated carbocycles. The zero-order valence-electron chi connectivity index (χ0n) is 13.1. The monoisotopic (exact) mass is 313 g/mol. The molecule has 0 atom stereocenters. The number of aromatic nitrogens is 2. The summed E-state index contributed by atoms with van der Waals surface area (Å²) in [6.07, 6.45) is 8.56. The van der Waals surface area contributed by atoms with Crippen molar-refractivity contribution >= 4 is 22.8 Å². The Morgan fingerprint density at radius 1 is 1.14 bits per heavy atom. The Hall–Kier alpha value is -1.81. The Kier molecular flexibility index (Phi) is 5.11. The van der Waals surface area contributed by atoms with E-state index in [9.17, 15) is 0 Å². The number of imidazole rings is 1. The van der Waals surface area contributed by atoms with Crippen LogP contribution in [0.4, 0.5) is 5.82 Å². The minimum Gasteiger partial charge on any atom is -0.369 e. The van der Waals surface area contributed by atoms with Crippen molar-refractivity contribution in [2.45, 2.75) is 39.0 Å². The van der Waals surface area contributed by atoms with Crippen LogP contribution in [0.15, 0.2) is 41.2 Å². The number of hydrogen-bond acceptors (Lipinski definition) is 3. The minimum atomic E-state index is 0.997. The molecule has 0 aromatic carbocycles. The van der Waals surface area contributed by atoms with Crippen LogP contribution in [0.3, 0.4) is 0 Å². The van der Waals surface area contributed by atoms with Gasteiger partial charge in [-0.3, -0.25) is 4.40 Å². The molecule has 0 aliphatic heterocycles. The summed E-state index contributed by atoms with van der Waals surface area (Å²) in [5, 5.41) is 7.87. The number of nitrogens with zero attached hydrogens (tertiary/aromatic N) is 2. The first kappa shape index (κ1) is 15.1. The standard InChI is InChI=1S/C18H23N3S/c1-2-3-4-5-7-11-19-18-17(15-10-13-22-14-15)20-16-9-6-8-12-21(16)18/h6,8-10,12-14,19H,2-5,7,11H2,1H3. The molecule has 3 rings (SSSR count).